The van der Waals surface area contributed by atoms with Crippen LogP contribution in [0.4, 0.5) is 5.69 Å². The molecule has 0 amide bonds. The maximum absolute atomic E-state index is 12.3. The minimum Gasteiger partial charge on any atom is -0.382 e. The maximum atomic E-state index is 12.3. The molecule has 0 aromatic heterocycles. The maximum Gasteiger partial charge on any atom is 0.242 e. The van der Waals surface area contributed by atoms with Crippen LogP contribution in [-0.2, 0) is 10.0 Å². The Kier molecular flexibility index (Phi) is 6.19. The summed E-state index contributed by atoms with van der Waals surface area (Å²) in [6.07, 6.45) is 0.766. The molecule has 0 saturated carbocycles. The van der Waals surface area contributed by atoms with Crippen LogP contribution < -0.4 is 10.0 Å². The minimum absolute atomic E-state index is 0.0757. The molecule has 21 heavy (non-hydrogen) atoms. The van der Waals surface area contributed by atoms with Gasteiger partial charge >= 0.3 is 0 Å². The van der Waals surface area contributed by atoms with Gasteiger partial charge in [-0.25, -0.2) is 13.1 Å². The zero-order chi connectivity index (χ0) is 16.1. The second-order valence-corrected chi connectivity index (χ2v) is 7.69. The van der Waals surface area contributed by atoms with Crippen molar-refractivity contribution in [3.8, 4) is 0 Å². The molecule has 6 heteroatoms. The van der Waals surface area contributed by atoms with Gasteiger partial charge in [0.15, 0.2) is 0 Å². The number of anilines is 1. The number of para-hydroxylation sites is 1. The van der Waals surface area contributed by atoms with Crippen molar-refractivity contribution in [1.29, 1.82) is 0 Å². The van der Waals surface area contributed by atoms with Crippen LogP contribution >= 0.6 is 0 Å². The van der Waals surface area contributed by atoms with Crippen molar-refractivity contribution in [2.24, 2.45) is 0 Å². The summed E-state index contributed by atoms with van der Waals surface area (Å²) >= 11 is 0. The molecule has 5 nitrogen and oxygen atoms in total. The smallest absolute Gasteiger partial charge is 0.242 e. The van der Waals surface area contributed by atoms with Gasteiger partial charge in [-0.2, -0.15) is 0 Å². The minimum atomic E-state index is -3.47. The molecule has 0 aliphatic rings. The van der Waals surface area contributed by atoms with E-state index in [0.29, 0.717) is 23.7 Å². The molecule has 0 saturated heterocycles. The van der Waals surface area contributed by atoms with E-state index in [1.165, 1.54) is 0 Å². The molecule has 1 rings (SSSR count). The quantitative estimate of drug-likeness (QED) is 0.772. The molecule has 2 N–H and O–H groups in total. The summed E-state index contributed by atoms with van der Waals surface area (Å²) in [5.74, 6) is 0. The van der Waals surface area contributed by atoms with E-state index in [1.807, 2.05) is 27.1 Å². The van der Waals surface area contributed by atoms with Crippen LogP contribution in [0.3, 0.4) is 0 Å². The second kappa shape index (κ2) is 7.24. The topological polar surface area (TPSA) is 61.4 Å². The van der Waals surface area contributed by atoms with Gasteiger partial charge in [0.05, 0.1) is 5.69 Å². The lowest BCUT2D eigenvalue weighted by Crippen LogP contribution is -2.44. The zero-order valence-corrected chi connectivity index (χ0v) is 14.4. The summed E-state index contributed by atoms with van der Waals surface area (Å²) in [6.45, 7) is 7.24. The van der Waals surface area contributed by atoms with Crippen LogP contribution in [0.2, 0.25) is 0 Å². The SMILES string of the molecule is CCCNS(=O)(=O)c1ccccc1NCC(C)(C)N(C)C. The fourth-order valence-corrected chi connectivity index (χ4v) is 2.95. The van der Waals surface area contributed by atoms with Crippen LogP contribution in [0, 0.1) is 0 Å². The monoisotopic (exact) mass is 313 g/mol. The molecule has 1 aromatic rings. The van der Waals surface area contributed by atoms with Crippen molar-refractivity contribution in [3.05, 3.63) is 24.3 Å². The third-order valence-electron chi connectivity index (χ3n) is 3.64. The van der Waals surface area contributed by atoms with Crippen LogP contribution in [0.25, 0.3) is 0 Å². The molecule has 0 bridgehead atoms. The van der Waals surface area contributed by atoms with Gasteiger partial charge < -0.3 is 10.2 Å². The Labute approximate surface area is 128 Å². The molecule has 0 unspecified atom stereocenters. The Morgan fingerprint density at radius 3 is 2.38 bits per heavy atom. The Morgan fingerprint density at radius 1 is 1.19 bits per heavy atom. The van der Waals surface area contributed by atoms with Crippen LogP contribution in [0.5, 0.6) is 0 Å². The normalized spacial score (nSPS) is 12.7. The largest absolute Gasteiger partial charge is 0.382 e. The van der Waals surface area contributed by atoms with Crippen molar-refractivity contribution in [3.63, 3.8) is 0 Å². The third-order valence-corrected chi connectivity index (χ3v) is 5.16. The van der Waals surface area contributed by atoms with Crippen molar-refractivity contribution < 1.29 is 8.42 Å². The first-order valence-corrected chi connectivity index (χ1v) is 8.69. The average Bonchev–Trinajstić information content (AvgIpc) is 2.43. The number of nitrogens with zero attached hydrogens (tertiary/aromatic N) is 1. The van der Waals surface area contributed by atoms with E-state index < -0.39 is 10.0 Å². The number of hydrogen-bond donors (Lipinski definition) is 2. The standard InChI is InChI=1S/C15H27N3O2S/c1-6-11-17-21(19,20)14-10-8-7-9-13(14)16-12-15(2,3)18(4)5/h7-10,16-17H,6,11-12H2,1-5H3. The molecular weight excluding hydrogens is 286 g/mol. The molecule has 1 aromatic carbocycles. The number of rotatable bonds is 8. The van der Waals surface area contributed by atoms with Crippen LogP contribution in [0.1, 0.15) is 27.2 Å². The molecule has 0 atom stereocenters. The molecule has 0 aliphatic carbocycles. The number of likely N-dealkylation sites (N-methyl/N-ethyl adjacent to an activating group) is 1. The van der Waals surface area contributed by atoms with Crippen LogP contribution in [0.15, 0.2) is 29.2 Å². The first-order valence-electron chi connectivity index (χ1n) is 7.20. The predicted octanol–water partition coefficient (Wildman–Crippen LogP) is 2.13. The summed E-state index contributed by atoms with van der Waals surface area (Å²) in [5.41, 5.74) is 0.560. The average molecular weight is 313 g/mol. The van der Waals surface area contributed by atoms with E-state index in [-0.39, 0.29) is 5.54 Å². The highest BCUT2D eigenvalue weighted by Gasteiger charge is 2.22. The summed E-state index contributed by atoms with van der Waals surface area (Å²) < 4.78 is 27.2. The van der Waals surface area contributed by atoms with Crippen molar-refractivity contribution in [1.82, 2.24) is 9.62 Å². The Morgan fingerprint density at radius 2 is 1.81 bits per heavy atom. The van der Waals surface area contributed by atoms with Gasteiger partial charge in [-0.05, 0) is 46.5 Å². The number of benzene rings is 1. The molecule has 0 radical (unpaired) electrons. The summed E-state index contributed by atoms with van der Waals surface area (Å²) in [5, 5.41) is 3.26. The van der Waals surface area contributed by atoms with Gasteiger partial charge in [-0.1, -0.05) is 19.1 Å². The predicted molar refractivity (Wildman–Crippen MR) is 88.2 cm³/mol. The summed E-state index contributed by atoms with van der Waals surface area (Å²) in [7, 11) is 0.547. The van der Waals surface area contributed by atoms with Crippen molar-refractivity contribution in [2.75, 3.05) is 32.5 Å². The van der Waals surface area contributed by atoms with Crippen molar-refractivity contribution in [2.45, 2.75) is 37.6 Å². The highest BCUT2D eigenvalue weighted by atomic mass is 32.2. The van der Waals surface area contributed by atoms with E-state index in [1.54, 1.807) is 18.2 Å². The Balaban J connectivity index is 2.95. The van der Waals surface area contributed by atoms with E-state index in [9.17, 15) is 8.42 Å². The lowest BCUT2D eigenvalue weighted by Gasteiger charge is -2.33. The van der Waals surface area contributed by atoms with Gasteiger partial charge in [-0.3, -0.25) is 0 Å². The van der Waals surface area contributed by atoms with Crippen LogP contribution in [-0.4, -0.2) is 46.0 Å². The lowest BCUT2D eigenvalue weighted by atomic mass is 10.0. The summed E-state index contributed by atoms with van der Waals surface area (Å²) in [6, 6.07) is 7.00. The van der Waals surface area contributed by atoms with Gasteiger partial charge in [0.25, 0.3) is 0 Å². The molecule has 0 aliphatic heterocycles. The third kappa shape index (κ3) is 4.98. The van der Waals surface area contributed by atoms with E-state index in [0.717, 1.165) is 6.42 Å². The second-order valence-electron chi connectivity index (χ2n) is 5.95. The molecular formula is C15H27N3O2S. The van der Waals surface area contributed by atoms with E-state index >= 15 is 0 Å². The number of sulfonamides is 1. The molecule has 0 heterocycles. The Hall–Kier alpha value is -1.11. The molecule has 0 spiro atoms. The lowest BCUT2D eigenvalue weighted by molar-refractivity contribution is 0.210. The van der Waals surface area contributed by atoms with Gasteiger partial charge in [0.2, 0.25) is 10.0 Å². The van der Waals surface area contributed by atoms with Crippen molar-refractivity contribution >= 4 is 15.7 Å². The van der Waals surface area contributed by atoms with Gasteiger partial charge in [0, 0.05) is 18.6 Å². The van der Waals surface area contributed by atoms with Gasteiger partial charge in [0.1, 0.15) is 4.90 Å². The van der Waals surface area contributed by atoms with Gasteiger partial charge in [-0.15, -0.1) is 0 Å². The highest BCUT2D eigenvalue weighted by molar-refractivity contribution is 7.89. The number of nitrogens with one attached hydrogen (secondary N) is 2. The fraction of sp³-hybridized carbons (Fsp3) is 0.600. The first kappa shape index (κ1) is 17.9. The molecule has 0 fully saturated rings. The van der Waals surface area contributed by atoms with E-state index in [4.69, 9.17) is 0 Å². The first-order chi connectivity index (χ1) is 9.70. The fourth-order valence-electron chi connectivity index (χ4n) is 1.63. The zero-order valence-electron chi connectivity index (χ0n) is 13.6. The highest BCUT2D eigenvalue weighted by Crippen LogP contribution is 2.22. The number of hydrogen-bond acceptors (Lipinski definition) is 4. The summed E-state index contributed by atoms with van der Waals surface area (Å²) in [4.78, 5) is 2.40. The molecule has 120 valence electrons. The van der Waals surface area contributed by atoms with E-state index in [2.05, 4.69) is 28.8 Å². The Bertz CT molecular complexity index is 554.